The van der Waals surface area contributed by atoms with E-state index in [1.54, 1.807) is 18.2 Å². The molecular formula is C12H20N2O2. The summed E-state index contributed by atoms with van der Waals surface area (Å²) < 4.78 is 0. The lowest BCUT2D eigenvalue weighted by molar-refractivity contribution is -0.129. The third kappa shape index (κ3) is 5.14. The molecule has 1 aromatic rings. The van der Waals surface area contributed by atoms with Gasteiger partial charge in [0.1, 0.15) is 5.71 Å². The first-order chi connectivity index (χ1) is 7.63. The number of para-hydroxylation sites is 1. The summed E-state index contributed by atoms with van der Waals surface area (Å²) in [6.45, 7) is 8.00. The molecule has 0 spiro atoms. The molecule has 0 saturated carbocycles. The summed E-state index contributed by atoms with van der Waals surface area (Å²) in [6.07, 6.45) is 0. The number of nitrogen functional groups attached to an aromatic ring is 1. The average Bonchev–Trinajstić information content (AvgIpc) is 2.34. The Morgan fingerprint density at radius 1 is 1.19 bits per heavy atom. The molecule has 0 aliphatic heterocycles. The van der Waals surface area contributed by atoms with Crippen molar-refractivity contribution in [1.29, 1.82) is 5.41 Å². The monoisotopic (exact) mass is 224 g/mol. The van der Waals surface area contributed by atoms with Crippen molar-refractivity contribution in [3.63, 3.8) is 0 Å². The highest BCUT2D eigenvalue weighted by Gasteiger charge is 2.11. The molecule has 0 radical (unpaired) electrons. The molecule has 16 heavy (non-hydrogen) atoms. The smallest absolute Gasteiger partial charge is 0.354 e. The van der Waals surface area contributed by atoms with Gasteiger partial charge in [-0.2, -0.15) is 0 Å². The topological polar surface area (TPSA) is 87.2 Å². The SMILES string of the molecule is CC.CC.N=C(C(=O)O)c1ccccc1N. The zero-order chi connectivity index (χ0) is 13.1. The Morgan fingerprint density at radius 2 is 1.62 bits per heavy atom. The van der Waals surface area contributed by atoms with Gasteiger partial charge in [-0.15, -0.1) is 0 Å². The van der Waals surface area contributed by atoms with Crippen molar-refractivity contribution in [3.05, 3.63) is 29.8 Å². The third-order valence-corrected chi connectivity index (χ3v) is 1.44. The van der Waals surface area contributed by atoms with Gasteiger partial charge >= 0.3 is 5.97 Å². The van der Waals surface area contributed by atoms with Gasteiger partial charge in [-0.05, 0) is 6.07 Å². The molecule has 0 aliphatic rings. The van der Waals surface area contributed by atoms with E-state index in [9.17, 15) is 4.79 Å². The minimum Gasteiger partial charge on any atom is -0.477 e. The van der Waals surface area contributed by atoms with Crippen LogP contribution in [-0.2, 0) is 4.79 Å². The molecule has 1 aromatic carbocycles. The molecule has 0 saturated heterocycles. The highest BCUT2D eigenvalue weighted by atomic mass is 16.4. The number of rotatable bonds is 2. The number of hydrogen-bond donors (Lipinski definition) is 3. The maximum absolute atomic E-state index is 10.4. The lowest BCUT2D eigenvalue weighted by Crippen LogP contribution is -2.14. The van der Waals surface area contributed by atoms with E-state index in [-0.39, 0.29) is 5.56 Å². The van der Waals surface area contributed by atoms with Gasteiger partial charge in [0.25, 0.3) is 0 Å². The fraction of sp³-hybridized carbons (Fsp3) is 0.333. The second-order valence-electron chi connectivity index (χ2n) is 2.27. The Bertz CT molecular complexity index is 336. The number of carbonyl (C=O) groups is 1. The van der Waals surface area contributed by atoms with Crippen LogP contribution in [0.5, 0.6) is 0 Å². The normalized spacial score (nSPS) is 7.75. The number of carboxylic acids is 1. The number of aliphatic carboxylic acids is 1. The molecule has 0 aliphatic carbocycles. The highest BCUT2D eigenvalue weighted by molar-refractivity contribution is 6.42. The molecule has 0 atom stereocenters. The maximum Gasteiger partial charge on any atom is 0.354 e. The first kappa shape index (κ1) is 16.6. The summed E-state index contributed by atoms with van der Waals surface area (Å²) in [5.74, 6) is -1.27. The fourth-order valence-electron chi connectivity index (χ4n) is 0.840. The van der Waals surface area contributed by atoms with Crippen molar-refractivity contribution >= 4 is 17.4 Å². The lowest BCUT2D eigenvalue weighted by Gasteiger charge is -2.01. The quantitative estimate of drug-likeness (QED) is 0.533. The number of hydrogen-bond acceptors (Lipinski definition) is 3. The molecule has 4 N–H and O–H groups in total. The van der Waals surface area contributed by atoms with Crippen LogP contribution in [0.2, 0.25) is 0 Å². The van der Waals surface area contributed by atoms with E-state index in [4.69, 9.17) is 16.2 Å². The number of benzene rings is 1. The van der Waals surface area contributed by atoms with Gasteiger partial charge in [0.05, 0.1) is 0 Å². The average molecular weight is 224 g/mol. The number of carboxylic acid groups (broad SMARTS) is 1. The molecule has 0 unspecified atom stereocenters. The molecule has 0 aromatic heterocycles. The van der Waals surface area contributed by atoms with Gasteiger partial charge in [-0.25, -0.2) is 4.79 Å². The van der Waals surface area contributed by atoms with Gasteiger partial charge < -0.3 is 10.8 Å². The van der Waals surface area contributed by atoms with E-state index >= 15 is 0 Å². The van der Waals surface area contributed by atoms with Gasteiger partial charge in [-0.3, -0.25) is 5.41 Å². The zero-order valence-corrected chi connectivity index (χ0v) is 10.2. The summed E-state index contributed by atoms with van der Waals surface area (Å²) in [4.78, 5) is 10.4. The van der Waals surface area contributed by atoms with Crippen molar-refractivity contribution in [2.75, 3.05) is 5.73 Å². The Kier molecular flexibility index (Phi) is 10.1. The molecule has 4 heteroatoms. The van der Waals surface area contributed by atoms with Crippen molar-refractivity contribution < 1.29 is 9.90 Å². The second-order valence-corrected chi connectivity index (χ2v) is 2.27. The van der Waals surface area contributed by atoms with Crippen LogP contribution >= 0.6 is 0 Å². The lowest BCUT2D eigenvalue weighted by atomic mass is 10.1. The van der Waals surface area contributed by atoms with Crippen LogP contribution in [0.25, 0.3) is 0 Å². The van der Waals surface area contributed by atoms with Crippen LogP contribution in [-0.4, -0.2) is 16.8 Å². The molecule has 0 fully saturated rings. The molecule has 1 rings (SSSR count). The van der Waals surface area contributed by atoms with Gasteiger partial charge in [0.15, 0.2) is 0 Å². The van der Waals surface area contributed by atoms with Crippen LogP contribution in [0, 0.1) is 5.41 Å². The van der Waals surface area contributed by atoms with Crippen LogP contribution < -0.4 is 5.73 Å². The van der Waals surface area contributed by atoms with Crippen LogP contribution in [0.3, 0.4) is 0 Å². The largest absolute Gasteiger partial charge is 0.477 e. The standard InChI is InChI=1S/C8H8N2O2.2C2H6/c9-6-4-2-1-3-5(6)7(10)8(11)12;2*1-2/h1-4,10H,9H2,(H,11,12);2*1-2H3. The summed E-state index contributed by atoms with van der Waals surface area (Å²) in [7, 11) is 0. The molecular weight excluding hydrogens is 204 g/mol. The van der Waals surface area contributed by atoms with Crippen LogP contribution in [0.4, 0.5) is 5.69 Å². The van der Waals surface area contributed by atoms with Crippen molar-refractivity contribution in [1.82, 2.24) is 0 Å². The van der Waals surface area contributed by atoms with Gasteiger partial charge in [0, 0.05) is 11.3 Å². The van der Waals surface area contributed by atoms with E-state index in [0.717, 1.165) is 0 Å². The first-order valence-corrected chi connectivity index (χ1v) is 5.29. The van der Waals surface area contributed by atoms with Crippen LogP contribution in [0.1, 0.15) is 33.3 Å². The van der Waals surface area contributed by atoms with E-state index in [2.05, 4.69) is 0 Å². The Morgan fingerprint density at radius 3 is 2.00 bits per heavy atom. The zero-order valence-electron chi connectivity index (χ0n) is 10.2. The van der Waals surface area contributed by atoms with E-state index in [1.807, 2.05) is 27.7 Å². The molecule has 4 nitrogen and oxygen atoms in total. The molecule has 90 valence electrons. The first-order valence-electron chi connectivity index (χ1n) is 5.29. The number of nitrogens with one attached hydrogen (secondary N) is 1. The summed E-state index contributed by atoms with van der Waals surface area (Å²) in [5.41, 5.74) is 5.54. The third-order valence-electron chi connectivity index (χ3n) is 1.44. The minimum atomic E-state index is -1.27. The van der Waals surface area contributed by atoms with Crippen molar-refractivity contribution in [2.24, 2.45) is 0 Å². The Labute approximate surface area is 96.6 Å². The van der Waals surface area contributed by atoms with E-state index in [0.29, 0.717) is 5.69 Å². The maximum atomic E-state index is 10.4. The molecule has 0 bridgehead atoms. The van der Waals surface area contributed by atoms with Crippen LogP contribution in [0.15, 0.2) is 24.3 Å². The van der Waals surface area contributed by atoms with Crippen molar-refractivity contribution in [2.45, 2.75) is 27.7 Å². The Hall–Kier alpha value is -1.84. The summed E-state index contributed by atoms with van der Waals surface area (Å²) in [6, 6.07) is 6.40. The molecule has 0 amide bonds. The second kappa shape index (κ2) is 9.71. The fourth-order valence-corrected chi connectivity index (χ4v) is 0.840. The van der Waals surface area contributed by atoms with E-state index < -0.39 is 11.7 Å². The number of anilines is 1. The Balaban J connectivity index is 0. The summed E-state index contributed by atoms with van der Waals surface area (Å²) in [5, 5.41) is 15.6. The van der Waals surface area contributed by atoms with Crippen molar-refractivity contribution in [3.8, 4) is 0 Å². The highest BCUT2D eigenvalue weighted by Crippen LogP contribution is 2.10. The predicted octanol–water partition coefficient (Wildman–Crippen LogP) is 2.77. The van der Waals surface area contributed by atoms with Gasteiger partial charge in [0.2, 0.25) is 0 Å². The van der Waals surface area contributed by atoms with Gasteiger partial charge in [-0.1, -0.05) is 45.9 Å². The molecule has 0 heterocycles. The number of nitrogens with two attached hydrogens (primary N) is 1. The minimum absolute atomic E-state index is 0.255. The summed E-state index contributed by atoms with van der Waals surface area (Å²) >= 11 is 0. The van der Waals surface area contributed by atoms with E-state index in [1.165, 1.54) is 6.07 Å². The predicted molar refractivity (Wildman–Crippen MR) is 68.0 cm³/mol.